The summed E-state index contributed by atoms with van der Waals surface area (Å²) in [4.78, 5) is 24.6. The fourth-order valence-corrected chi connectivity index (χ4v) is 12.0. The molecule has 0 saturated heterocycles. The second kappa shape index (κ2) is 71.8. The highest BCUT2D eigenvalue weighted by Gasteiger charge is 2.20. The van der Waals surface area contributed by atoms with Gasteiger partial charge in [-0.15, -0.1) is 0 Å². The Labute approximate surface area is 513 Å². The van der Waals surface area contributed by atoms with Crippen molar-refractivity contribution in [2.45, 2.75) is 437 Å². The Morgan fingerprint density at radius 2 is 0.610 bits per heavy atom. The Bertz CT molecular complexity index is 1280. The minimum Gasteiger partial charge on any atom is -0.466 e. The monoisotopic (exact) mass is 1150 g/mol. The van der Waals surface area contributed by atoms with E-state index in [9.17, 15) is 19.8 Å². The van der Waals surface area contributed by atoms with Gasteiger partial charge in [-0.05, 0) is 57.8 Å². The average molecular weight is 1160 g/mol. The van der Waals surface area contributed by atoms with Gasteiger partial charge in [0.25, 0.3) is 0 Å². The lowest BCUT2D eigenvalue weighted by molar-refractivity contribution is -0.143. The first kappa shape index (κ1) is 80.3. The normalized spacial score (nSPS) is 12.6. The van der Waals surface area contributed by atoms with Crippen molar-refractivity contribution in [3.8, 4) is 0 Å². The zero-order valence-corrected chi connectivity index (χ0v) is 55.8. The van der Waals surface area contributed by atoms with E-state index in [1.807, 2.05) is 0 Å². The van der Waals surface area contributed by atoms with Gasteiger partial charge in [0.2, 0.25) is 5.91 Å². The first-order valence-electron chi connectivity index (χ1n) is 37.6. The van der Waals surface area contributed by atoms with Gasteiger partial charge in [0.1, 0.15) is 0 Å². The number of carbonyl (C=O) groups is 2. The number of carbonyl (C=O) groups excluding carboxylic acids is 2. The third-order valence-corrected chi connectivity index (χ3v) is 17.8. The number of hydrogen-bond donors (Lipinski definition) is 3. The molecule has 0 aromatic heterocycles. The molecule has 0 aromatic rings. The molecule has 2 unspecified atom stereocenters. The number of nitrogens with one attached hydrogen (secondary N) is 1. The van der Waals surface area contributed by atoms with Crippen molar-refractivity contribution >= 4 is 11.9 Å². The lowest BCUT2D eigenvalue weighted by Gasteiger charge is -2.22. The van der Waals surface area contributed by atoms with E-state index < -0.39 is 12.1 Å². The highest BCUT2D eigenvalue weighted by atomic mass is 16.5. The van der Waals surface area contributed by atoms with E-state index in [1.54, 1.807) is 0 Å². The predicted molar refractivity (Wildman–Crippen MR) is 361 cm³/mol. The molecule has 0 fully saturated rings. The first-order valence-corrected chi connectivity index (χ1v) is 37.6. The van der Waals surface area contributed by atoms with Crippen LogP contribution in [0.5, 0.6) is 0 Å². The van der Waals surface area contributed by atoms with Crippen LogP contribution in [-0.4, -0.2) is 47.4 Å². The Balaban J connectivity index is 3.35. The molecule has 0 bridgehead atoms. The van der Waals surface area contributed by atoms with Gasteiger partial charge >= 0.3 is 5.97 Å². The quantitative estimate of drug-likeness (QED) is 0.0320. The van der Waals surface area contributed by atoms with Gasteiger partial charge in [0, 0.05) is 12.8 Å². The van der Waals surface area contributed by atoms with Gasteiger partial charge in [-0.3, -0.25) is 9.59 Å². The molecular weight excluding hydrogens is 1010 g/mol. The molecule has 0 aliphatic heterocycles. The minimum atomic E-state index is -0.662. The number of ether oxygens (including phenoxy) is 1. The average Bonchev–Trinajstić information content (AvgIpc) is 3.48. The van der Waals surface area contributed by atoms with Crippen molar-refractivity contribution in [1.29, 1.82) is 0 Å². The van der Waals surface area contributed by atoms with Crippen LogP contribution in [0.4, 0.5) is 0 Å². The summed E-state index contributed by atoms with van der Waals surface area (Å²) in [5.41, 5.74) is 0. The van der Waals surface area contributed by atoms with Gasteiger partial charge in [-0.25, -0.2) is 0 Å². The first-order chi connectivity index (χ1) is 40.5. The van der Waals surface area contributed by atoms with Crippen molar-refractivity contribution in [2.75, 3.05) is 13.2 Å². The Hall–Kier alpha value is -1.66. The van der Waals surface area contributed by atoms with Gasteiger partial charge in [0.15, 0.2) is 0 Å². The van der Waals surface area contributed by atoms with Crippen LogP contribution >= 0.6 is 0 Å². The topological polar surface area (TPSA) is 95.9 Å². The number of allylic oxidation sites excluding steroid dienone is 4. The molecule has 486 valence electrons. The zero-order chi connectivity index (χ0) is 59.2. The van der Waals surface area contributed by atoms with E-state index in [1.165, 1.54) is 347 Å². The van der Waals surface area contributed by atoms with Crippen molar-refractivity contribution in [2.24, 2.45) is 0 Å². The van der Waals surface area contributed by atoms with Crippen LogP contribution in [0.2, 0.25) is 0 Å². The summed E-state index contributed by atoms with van der Waals surface area (Å²) in [7, 11) is 0. The number of unbranched alkanes of at least 4 members (excludes halogenated alkanes) is 56. The van der Waals surface area contributed by atoms with E-state index >= 15 is 0 Å². The second-order valence-electron chi connectivity index (χ2n) is 26.0. The molecule has 2 atom stereocenters. The summed E-state index contributed by atoms with van der Waals surface area (Å²) >= 11 is 0. The molecule has 0 radical (unpaired) electrons. The maximum atomic E-state index is 12.5. The molecule has 6 heteroatoms. The van der Waals surface area contributed by atoms with Gasteiger partial charge in [-0.1, -0.05) is 378 Å². The highest BCUT2D eigenvalue weighted by Crippen LogP contribution is 2.19. The van der Waals surface area contributed by atoms with Crippen molar-refractivity contribution in [1.82, 2.24) is 5.32 Å². The maximum absolute atomic E-state index is 12.5. The molecule has 0 aromatic carbocycles. The van der Waals surface area contributed by atoms with Crippen LogP contribution in [0, 0.1) is 0 Å². The number of esters is 1. The molecule has 0 heterocycles. The fourth-order valence-electron chi connectivity index (χ4n) is 12.0. The molecule has 0 aliphatic carbocycles. The molecule has 6 nitrogen and oxygen atoms in total. The summed E-state index contributed by atoms with van der Waals surface area (Å²) in [5, 5.41) is 23.4. The van der Waals surface area contributed by atoms with Crippen LogP contribution in [0.15, 0.2) is 24.3 Å². The van der Waals surface area contributed by atoms with E-state index in [-0.39, 0.29) is 18.5 Å². The van der Waals surface area contributed by atoms with E-state index in [0.29, 0.717) is 25.9 Å². The largest absolute Gasteiger partial charge is 0.466 e. The van der Waals surface area contributed by atoms with Gasteiger partial charge < -0.3 is 20.3 Å². The standard InChI is InChI=1S/C76H147NO5/c1-3-5-7-9-11-13-15-17-18-42-45-48-52-56-60-64-68-74(79)73(72-78)77-75(80)69-65-61-57-53-49-46-43-40-38-36-34-32-30-28-26-24-22-20-19-21-23-25-27-29-31-33-35-37-39-41-44-47-51-55-59-63-67-71-82-76(81)70-66-62-58-54-50-16-14-12-10-8-6-4-2/h19,21,25,27,73-74,78-79H,3-18,20,22-24,26,28-72H2,1-2H3,(H,77,80)/b21-19-,27-25-. The maximum Gasteiger partial charge on any atom is 0.305 e. The number of hydrogen-bond acceptors (Lipinski definition) is 5. The number of rotatable bonds is 71. The number of amides is 1. The van der Waals surface area contributed by atoms with E-state index in [2.05, 4.69) is 43.5 Å². The zero-order valence-electron chi connectivity index (χ0n) is 55.8. The van der Waals surface area contributed by atoms with Crippen LogP contribution in [-0.2, 0) is 14.3 Å². The summed E-state index contributed by atoms with van der Waals surface area (Å²) in [5.74, 6) is -0.00843. The summed E-state index contributed by atoms with van der Waals surface area (Å²) in [6, 6.07) is -0.539. The highest BCUT2D eigenvalue weighted by molar-refractivity contribution is 5.76. The Morgan fingerprint density at radius 1 is 0.341 bits per heavy atom. The molecule has 82 heavy (non-hydrogen) atoms. The van der Waals surface area contributed by atoms with Gasteiger partial charge in [-0.2, -0.15) is 0 Å². The summed E-state index contributed by atoms with van der Waals surface area (Å²) in [6.45, 7) is 4.99. The summed E-state index contributed by atoms with van der Waals surface area (Å²) < 4.78 is 5.48. The van der Waals surface area contributed by atoms with Crippen LogP contribution in [0.1, 0.15) is 425 Å². The third kappa shape index (κ3) is 67.5. The second-order valence-corrected chi connectivity index (χ2v) is 26.0. The van der Waals surface area contributed by atoms with Gasteiger partial charge in [0.05, 0.1) is 25.4 Å². The molecule has 0 saturated carbocycles. The molecular formula is C76H147NO5. The Morgan fingerprint density at radius 3 is 0.927 bits per heavy atom. The lowest BCUT2D eigenvalue weighted by Crippen LogP contribution is -2.45. The van der Waals surface area contributed by atoms with Crippen molar-refractivity contribution in [3.63, 3.8) is 0 Å². The van der Waals surface area contributed by atoms with Crippen LogP contribution < -0.4 is 5.32 Å². The predicted octanol–water partition coefficient (Wildman–Crippen LogP) is 24.5. The van der Waals surface area contributed by atoms with Crippen molar-refractivity contribution < 1.29 is 24.5 Å². The lowest BCUT2D eigenvalue weighted by atomic mass is 10.0. The number of aliphatic hydroxyl groups is 2. The van der Waals surface area contributed by atoms with Crippen molar-refractivity contribution in [3.05, 3.63) is 24.3 Å². The molecule has 1 amide bonds. The minimum absolute atomic E-state index is 0.0201. The SMILES string of the molecule is CCCCCCCCCCCCCCCCCCC(O)C(CO)NC(=O)CCCCCCCCCCCCCCCCCCC/C=C\C/C=C\CCCCCCCCCCCCCCCOC(=O)CCCCCCCCCCCCCC. The fraction of sp³-hybridized carbons (Fsp3) is 0.921. The van der Waals surface area contributed by atoms with E-state index in [0.717, 1.165) is 44.9 Å². The van der Waals surface area contributed by atoms with Crippen LogP contribution in [0.3, 0.4) is 0 Å². The molecule has 0 aliphatic rings. The smallest absolute Gasteiger partial charge is 0.305 e. The molecule has 0 rings (SSSR count). The Kier molecular flexibility index (Phi) is 70.4. The van der Waals surface area contributed by atoms with Crippen LogP contribution in [0.25, 0.3) is 0 Å². The van der Waals surface area contributed by atoms with E-state index in [4.69, 9.17) is 4.74 Å². The molecule has 0 spiro atoms. The number of aliphatic hydroxyl groups excluding tert-OH is 2. The third-order valence-electron chi connectivity index (χ3n) is 17.8. The molecule has 3 N–H and O–H groups in total. The summed E-state index contributed by atoms with van der Waals surface area (Å²) in [6.07, 6.45) is 91.1.